The number of aromatic nitrogens is 2. The summed E-state index contributed by atoms with van der Waals surface area (Å²) in [6.07, 6.45) is 3.29. The molecule has 24 heavy (non-hydrogen) atoms. The molecule has 0 bridgehead atoms. The SMILES string of the molecule is CC(=O)NC(C)(C)c1noc([C@H](CC(C)C)N2CCCCC2=O)n1. The van der Waals surface area contributed by atoms with Gasteiger partial charge in [0.25, 0.3) is 0 Å². The first kappa shape index (κ1) is 18.4. The molecule has 1 atom stereocenters. The van der Waals surface area contributed by atoms with E-state index in [0.29, 0.717) is 24.1 Å². The van der Waals surface area contributed by atoms with Crippen LogP contribution in [0.25, 0.3) is 0 Å². The predicted octanol–water partition coefficient (Wildman–Crippen LogP) is 2.54. The van der Waals surface area contributed by atoms with Crippen LogP contribution < -0.4 is 5.32 Å². The zero-order valence-corrected chi connectivity index (χ0v) is 15.3. The molecule has 0 saturated carbocycles. The van der Waals surface area contributed by atoms with E-state index in [2.05, 4.69) is 29.3 Å². The Balaban J connectivity index is 2.27. The lowest BCUT2D eigenvalue weighted by molar-refractivity contribution is -0.137. The van der Waals surface area contributed by atoms with Crippen molar-refractivity contribution >= 4 is 11.8 Å². The standard InChI is InChI=1S/C17H28N4O3/c1-11(2)10-13(21-9-7-6-8-14(21)23)15-18-16(20-24-15)17(4,5)19-12(3)22/h11,13H,6-10H2,1-5H3,(H,19,22)/t13-/m0/s1. The molecular weight excluding hydrogens is 308 g/mol. The van der Waals surface area contributed by atoms with E-state index in [4.69, 9.17) is 4.52 Å². The second kappa shape index (κ2) is 7.32. The minimum absolute atomic E-state index is 0.146. The first-order chi connectivity index (χ1) is 11.2. The van der Waals surface area contributed by atoms with Gasteiger partial charge < -0.3 is 14.7 Å². The third kappa shape index (κ3) is 4.33. The van der Waals surface area contributed by atoms with Crippen molar-refractivity contribution in [3.05, 3.63) is 11.7 Å². The first-order valence-electron chi connectivity index (χ1n) is 8.63. The summed E-state index contributed by atoms with van der Waals surface area (Å²) in [7, 11) is 0. The lowest BCUT2D eigenvalue weighted by Crippen LogP contribution is -2.41. The highest BCUT2D eigenvalue weighted by molar-refractivity contribution is 5.77. The molecule has 0 aromatic carbocycles. The summed E-state index contributed by atoms with van der Waals surface area (Å²) in [5.74, 6) is 1.26. The van der Waals surface area contributed by atoms with Gasteiger partial charge in [-0.3, -0.25) is 9.59 Å². The summed E-state index contributed by atoms with van der Waals surface area (Å²) in [5.41, 5.74) is -0.720. The normalized spacial score (nSPS) is 17.2. The lowest BCUT2D eigenvalue weighted by Gasteiger charge is -2.33. The number of hydrogen-bond donors (Lipinski definition) is 1. The summed E-state index contributed by atoms with van der Waals surface area (Å²) in [6.45, 7) is 10.1. The molecule has 7 nitrogen and oxygen atoms in total. The number of amides is 2. The minimum Gasteiger partial charge on any atom is -0.344 e. The van der Waals surface area contributed by atoms with Crippen molar-refractivity contribution in [3.63, 3.8) is 0 Å². The Hall–Kier alpha value is -1.92. The van der Waals surface area contributed by atoms with Crippen molar-refractivity contribution in [1.29, 1.82) is 0 Å². The van der Waals surface area contributed by atoms with E-state index >= 15 is 0 Å². The Kier molecular flexibility index (Phi) is 5.62. The number of nitrogens with one attached hydrogen (secondary N) is 1. The van der Waals surface area contributed by atoms with Crippen molar-refractivity contribution in [2.24, 2.45) is 5.92 Å². The average molecular weight is 336 g/mol. The fourth-order valence-corrected chi connectivity index (χ4v) is 3.08. The van der Waals surface area contributed by atoms with Crippen LogP contribution in [0.3, 0.4) is 0 Å². The zero-order chi connectivity index (χ0) is 17.9. The highest BCUT2D eigenvalue weighted by Gasteiger charge is 2.34. The highest BCUT2D eigenvalue weighted by atomic mass is 16.5. The molecule has 2 rings (SSSR count). The number of rotatable bonds is 6. The molecule has 0 radical (unpaired) electrons. The van der Waals surface area contributed by atoms with Gasteiger partial charge in [-0.25, -0.2) is 0 Å². The van der Waals surface area contributed by atoms with E-state index in [1.807, 2.05) is 18.7 Å². The van der Waals surface area contributed by atoms with Crippen LogP contribution in [0.1, 0.15) is 78.1 Å². The molecule has 1 fully saturated rings. The Bertz CT molecular complexity index is 594. The van der Waals surface area contributed by atoms with Gasteiger partial charge in [-0.05, 0) is 39.0 Å². The molecule has 1 saturated heterocycles. The zero-order valence-electron chi connectivity index (χ0n) is 15.3. The molecule has 1 aromatic heterocycles. The topological polar surface area (TPSA) is 88.3 Å². The van der Waals surface area contributed by atoms with Crippen molar-refractivity contribution in [2.75, 3.05) is 6.54 Å². The van der Waals surface area contributed by atoms with Crippen LogP contribution >= 0.6 is 0 Å². The van der Waals surface area contributed by atoms with Crippen molar-refractivity contribution in [2.45, 2.75) is 71.9 Å². The Morgan fingerprint density at radius 2 is 2.08 bits per heavy atom. The summed E-state index contributed by atoms with van der Waals surface area (Å²) in [4.78, 5) is 30.1. The Labute approximate surface area is 143 Å². The van der Waals surface area contributed by atoms with Crippen LogP contribution in [0.5, 0.6) is 0 Å². The number of carbonyl (C=O) groups is 2. The summed E-state index contributed by atoms with van der Waals surface area (Å²) in [5, 5.41) is 6.86. The third-order valence-corrected chi connectivity index (χ3v) is 4.21. The summed E-state index contributed by atoms with van der Waals surface area (Å²) < 4.78 is 5.49. The van der Waals surface area contributed by atoms with E-state index in [9.17, 15) is 9.59 Å². The fraction of sp³-hybridized carbons (Fsp3) is 0.765. The maximum absolute atomic E-state index is 12.3. The van der Waals surface area contributed by atoms with Gasteiger partial charge in [0.05, 0.1) is 5.54 Å². The Morgan fingerprint density at radius 1 is 1.38 bits per heavy atom. The van der Waals surface area contributed by atoms with Crippen LogP contribution in [-0.4, -0.2) is 33.4 Å². The number of piperidine rings is 1. The molecule has 134 valence electrons. The van der Waals surface area contributed by atoms with Crippen molar-refractivity contribution in [1.82, 2.24) is 20.4 Å². The number of carbonyl (C=O) groups excluding carboxylic acids is 2. The largest absolute Gasteiger partial charge is 0.344 e. The maximum atomic E-state index is 12.3. The molecule has 7 heteroatoms. The van der Waals surface area contributed by atoms with Crippen LogP contribution in [0.2, 0.25) is 0 Å². The maximum Gasteiger partial charge on any atom is 0.249 e. The molecule has 0 spiro atoms. The molecule has 0 aliphatic carbocycles. The van der Waals surface area contributed by atoms with Crippen LogP contribution in [0, 0.1) is 5.92 Å². The van der Waals surface area contributed by atoms with Crippen molar-refractivity contribution < 1.29 is 14.1 Å². The third-order valence-electron chi connectivity index (χ3n) is 4.21. The van der Waals surface area contributed by atoms with E-state index in [-0.39, 0.29) is 17.9 Å². The molecule has 1 aromatic rings. The number of hydrogen-bond acceptors (Lipinski definition) is 5. The van der Waals surface area contributed by atoms with Gasteiger partial charge in [-0.1, -0.05) is 19.0 Å². The van der Waals surface area contributed by atoms with Gasteiger partial charge in [-0.15, -0.1) is 0 Å². The molecule has 2 heterocycles. The van der Waals surface area contributed by atoms with Gasteiger partial charge >= 0.3 is 0 Å². The first-order valence-corrected chi connectivity index (χ1v) is 8.63. The number of likely N-dealkylation sites (tertiary alicyclic amines) is 1. The van der Waals surface area contributed by atoms with Gasteiger partial charge in [-0.2, -0.15) is 4.98 Å². The van der Waals surface area contributed by atoms with Crippen molar-refractivity contribution in [3.8, 4) is 0 Å². The number of nitrogens with zero attached hydrogens (tertiary/aromatic N) is 3. The van der Waals surface area contributed by atoms with E-state index in [1.54, 1.807) is 0 Å². The van der Waals surface area contributed by atoms with Gasteiger partial charge in [0, 0.05) is 19.9 Å². The minimum atomic E-state index is -0.720. The second-order valence-corrected chi connectivity index (χ2v) is 7.45. The average Bonchev–Trinajstić information content (AvgIpc) is 2.94. The van der Waals surface area contributed by atoms with Crippen LogP contribution in [-0.2, 0) is 15.1 Å². The van der Waals surface area contributed by atoms with E-state index < -0.39 is 5.54 Å². The summed E-state index contributed by atoms with van der Waals surface area (Å²) in [6, 6.07) is -0.202. The Morgan fingerprint density at radius 3 is 2.67 bits per heavy atom. The van der Waals surface area contributed by atoms with Gasteiger partial charge in [0.2, 0.25) is 17.7 Å². The van der Waals surface area contributed by atoms with Gasteiger partial charge in [0.15, 0.2) is 5.82 Å². The lowest BCUT2D eigenvalue weighted by atomic mass is 9.99. The van der Waals surface area contributed by atoms with Crippen LogP contribution in [0.15, 0.2) is 4.52 Å². The fourth-order valence-electron chi connectivity index (χ4n) is 3.08. The molecule has 1 aliphatic rings. The monoisotopic (exact) mass is 336 g/mol. The molecule has 2 amide bonds. The smallest absolute Gasteiger partial charge is 0.249 e. The molecule has 1 N–H and O–H groups in total. The quantitative estimate of drug-likeness (QED) is 0.862. The van der Waals surface area contributed by atoms with Gasteiger partial charge in [0.1, 0.15) is 6.04 Å². The van der Waals surface area contributed by atoms with E-state index in [0.717, 1.165) is 25.8 Å². The second-order valence-electron chi connectivity index (χ2n) is 7.45. The predicted molar refractivity (Wildman–Crippen MR) is 88.9 cm³/mol. The molecular formula is C17H28N4O3. The highest BCUT2D eigenvalue weighted by Crippen LogP contribution is 2.31. The van der Waals surface area contributed by atoms with E-state index in [1.165, 1.54) is 6.92 Å². The molecule has 0 unspecified atom stereocenters. The van der Waals surface area contributed by atoms with Crippen LogP contribution in [0.4, 0.5) is 0 Å². The molecule has 1 aliphatic heterocycles. The summed E-state index contributed by atoms with van der Waals surface area (Å²) >= 11 is 0.